The van der Waals surface area contributed by atoms with Gasteiger partial charge in [0.1, 0.15) is 11.6 Å². The number of nitrogens with one attached hydrogen (secondary N) is 2. The van der Waals surface area contributed by atoms with Gasteiger partial charge in [-0.1, -0.05) is 5.21 Å². The van der Waals surface area contributed by atoms with Crippen LogP contribution in [-0.4, -0.2) is 39.6 Å². The second-order valence-corrected chi connectivity index (χ2v) is 7.42. The zero-order valence-corrected chi connectivity index (χ0v) is 17.8. The van der Waals surface area contributed by atoms with Gasteiger partial charge in [-0.15, -0.1) is 5.10 Å². The second kappa shape index (κ2) is 10.2. The van der Waals surface area contributed by atoms with Gasteiger partial charge in [0.05, 0.1) is 11.4 Å². The number of aromatic nitrogens is 3. The molecule has 0 fully saturated rings. The Morgan fingerprint density at radius 3 is 2.48 bits per heavy atom. The third-order valence-corrected chi connectivity index (χ3v) is 4.98. The predicted molar refractivity (Wildman–Crippen MR) is 114 cm³/mol. The molecule has 2 aromatic carbocycles. The van der Waals surface area contributed by atoms with E-state index in [9.17, 15) is 18.4 Å². The van der Waals surface area contributed by atoms with Gasteiger partial charge in [0, 0.05) is 30.0 Å². The Kier molecular flexibility index (Phi) is 7.35. The number of amides is 2. The van der Waals surface area contributed by atoms with Gasteiger partial charge in [-0.2, -0.15) is 11.8 Å². The number of nitrogens with zero attached hydrogens (tertiary/aromatic N) is 3. The van der Waals surface area contributed by atoms with Crippen LogP contribution in [0.15, 0.2) is 42.5 Å². The van der Waals surface area contributed by atoms with Crippen molar-refractivity contribution in [3.8, 4) is 5.69 Å². The molecule has 7 nitrogen and oxygen atoms in total. The van der Waals surface area contributed by atoms with Gasteiger partial charge in [0.25, 0.3) is 11.8 Å². The largest absolute Gasteiger partial charge is 0.352 e. The van der Waals surface area contributed by atoms with E-state index in [-0.39, 0.29) is 23.7 Å². The molecule has 1 aromatic heterocycles. The van der Waals surface area contributed by atoms with Crippen LogP contribution < -0.4 is 10.6 Å². The molecule has 0 atom stereocenters. The van der Waals surface area contributed by atoms with Gasteiger partial charge >= 0.3 is 0 Å². The molecule has 3 rings (SSSR count). The molecule has 3 aromatic rings. The summed E-state index contributed by atoms with van der Waals surface area (Å²) in [4.78, 5) is 24.6. The Morgan fingerprint density at radius 2 is 1.81 bits per heavy atom. The molecule has 0 bridgehead atoms. The molecule has 0 spiro atoms. The first-order chi connectivity index (χ1) is 14.9. The summed E-state index contributed by atoms with van der Waals surface area (Å²) in [5, 5.41) is 13.4. The van der Waals surface area contributed by atoms with E-state index in [1.807, 2.05) is 13.2 Å². The summed E-state index contributed by atoms with van der Waals surface area (Å²) in [6, 6.07) is 9.82. The number of benzene rings is 2. The topological polar surface area (TPSA) is 88.9 Å². The maximum absolute atomic E-state index is 13.8. The highest BCUT2D eigenvalue weighted by molar-refractivity contribution is 7.97. The fourth-order valence-electron chi connectivity index (χ4n) is 2.91. The quantitative estimate of drug-likeness (QED) is 0.556. The van der Waals surface area contributed by atoms with Crippen molar-refractivity contribution in [2.24, 2.45) is 0 Å². The Labute approximate surface area is 182 Å². The van der Waals surface area contributed by atoms with E-state index in [1.165, 1.54) is 16.4 Å². The van der Waals surface area contributed by atoms with Crippen molar-refractivity contribution >= 4 is 23.6 Å². The monoisotopic (exact) mass is 445 g/mol. The van der Waals surface area contributed by atoms with Crippen LogP contribution in [0.25, 0.3) is 5.69 Å². The van der Waals surface area contributed by atoms with Crippen LogP contribution in [0.4, 0.5) is 8.78 Å². The molecule has 0 aliphatic carbocycles. The lowest BCUT2D eigenvalue weighted by Gasteiger charge is -2.09. The van der Waals surface area contributed by atoms with Crippen molar-refractivity contribution in [2.45, 2.75) is 19.2 Å². The van der Waals surface area contributed by atoms with E-state index in [1.54, 1.807) is 24.3 Å². The Hall–Kier alpha value is -3.27. The summed E-state index contributed by atoms with van der Waals surface area (Å²) in [6.45, 7) is 2.18. The minimum absolute atomic E-state index is 0.0353. The van der Waals surface area contributed by atoms with Gasteiger partial charge in [-0.3, -0.25) is 9.59 Å². The average molecular weight is 445 g/mol. The smallest absolute Gasteiger partial charge is 0.274 e. The number of carbonyl (C=O) groups is 2. The third-order valence-electron chi connectivity index (χ3n) is 4.42. The van der Waals surface area contributed by atoms with Gasteiger partial charge in [0.2, 0.25) is 0 Å². The minimum Gasteiger partial charge on any atom is -0.352 e. The number of hydrogen-bond acceptors (Lipinski definition) is 5. The number of hydrogen-bond donors (Lipinski definition) is 2. The summed E-state index contributed by atoms with van der Waals surface area (Å²) in [6.07, 6.45) is 1.87. The van der Waals surface area contributed by atoms with Crippen molar-refractivity contribution in [3.63, 3.8) is 0 Å². The minimum atomic E-state index is -0.609. The lowest BCUT2D eigenvalue weighted by molar-refractivity contribution is 0.0940. The number of halogens is 2. The van der Waals surface area contributed by atoms with Crippen molar-refractivity contribution in [2.75, 3.05) is 12.8 Å². The van der Waals surface area contributed by atoms with Crippen LogP contribution in [-0.2, 0) is 12.3 Å². The summed E-state index contributed by atoms with van der Waals surface area (Å²) in [5.74, 6) is -1.47. The molecule has 31 heavy (non-hydrogen) atoms. The summed E-state index contributed by atoms with van der Waals surface area (Å²) in [7, 11) is 0. The van der Waals surface area contributed by atoms with E-state index in [4.69, 9.17) is 0 Å². The van der Waals surface area contributed by atoms with Crippen LogP contribution in [0, 0.1) is 11.6 Å². The first kappa shape index (κ1) is 22.4. The van der Waals surface area contributed by atoms with Gasteiger partial charge in [-0.05, 0) is 55.6 Å². The van der Waals surface area contributed by atoms with Crippen LogP contribution in [0.1, 0.15) is 39.0 Å². The van der Waals surface area contributed by atoms with Gasteiger partial charge < -0.3 is 10.6 Å². The predicted octanol–water partition coefficient (Wildman–Crippen LogP) is 3.09. The highest BCUT2D eigenvalue weighted by atomic mass is 32.2. The maximum atomic E-state index is 13.8. The van der Waals surface area contributed by atoms with Crippen LogP contribution in [0.5, 0.6) is 0 Å². The molecule has 1 heterocycles. The van der Waals surface area contributed by atoms with Crippen molar-refractivity contribution in [1.29, 1.82) is 0 Å². The average Bonchev–Trinajstić information content (AvgIpc) is 3.18. The fraction of sp³-hybridized carbons (Fsp3) is 0.238. The third kappa shape index (κ3) is 5.26. The molecular formula is C21H21F2N5O2S. The van der Waals surface area contributed by atoms with Crippen LogP contribution >= 0.6 is 11.8 Å². The number of thioether (sulfide) groups is 1. The molecule has 0 saturated heterocycles. The SMILES string of the molecule is CCNC(=O)c1ccc(-n2nnc(C(=O)NCc3cc(F)ccc3F)c2CSC)cc1. The zero-order valence-electron chi connectivity index (χ0n) is 17.0. The fourth-order valence-corrected chi connectivity index (χ4v) is 3.44. The Bertz CT molecular complexity index is 1090. The summed E-state index contributed by atoms with van der Waals surface area (Å²) < 4.78 is 28.7. The highest BCUT2D eigenvalue weighted by Gasteiger charge is 2.21. The second-order valence-electron chi connectivity index (χ2n) is 6.55. The maximum Gasteiger partial charge on any atom is 0.274 e. The van der Waals surface area contributed by atoms with E-state index < -0.39 is 17.5 Å². The van der Waals surface area contributed by atoms with Crippen molar-refractivity contribution in [3.05, 3.63) is 76.6 Å². The van der Waals surface area contributed by atoms with Crippen LogP contribution in [0.3, 0.4) is 0 Å². The van der Waals surface area contributed by atoms with Crippen LogP contribution in [0.2, 0.25) is 0 Å². The Balaban J connectivity index is 1.82. The Morgan fingerprint density at radius 1 is 1.06 bits per heavy atom. The van der Waals surface area contributed by atoms with Gasteiger partial charge in [-0.25, -0.2) is 13.5 Å². The summed E-state index contributed by atoms with van der Waals surface area (Å²) in [5.41, 5.74) is 1.83. The van der Waals surface area contributed by atoms with E-state index >= 15 is 0 Å². The molecule has 162 valence electrons. The van der Waals surface area contributed by atoms with E-state index in [2.05, 4.69) is 20.9 Å². The normalized spacial score (nSPS) is 10.7. The lowest BCUT2D eigenvalue weighted by Crippen LogP contribution is -2.25. The number of carbonyl (C=O) groups excluding carboxylic acids is 2. The highest BCUT2D eigenvalue weighted by Crippen LogP contribution is 2.19. The van der Waals surface area contributed by atoms with Crippen molar-refractivity contribution < 1.29 is 18.4 Å². The molecule has 0 unspecified atom stereocenters. The molecule has 0 radical (unpaired) electrons. The standard InChI is InChI=1S/C21H21F2N5O2S/c1-3-24-20(29)13-4-7-16(8-5-13)28-18(12-31-2)19(26-27-28)21(30)25-11-14-10-15(22)6-9-17(14)23/h4-10H,3,11-12H2,1-2H3,(H,24,29)(H,25,30). The lowest BCUT2D eigenvalue weighted by atomic mass is 10.2. The molecule has 2 N–H and O–H groups in total. The molecule has 0 aliphatic rings. The number of rotatable bonds is 8. The first-order valence-corrected chi connectivity index (χ1v) is 10.9. The molecule has 0 saturated carbocycles. The molecular weight excluding hydrogens is 424 g/mol. The first-order valence-electron chi connectivity index (χ1n) is 9.48. The van der Waals surface area contributed by atoms with E-state index in [0.717, 1.165) is 18.2 Å². The molecule has 0 aliphatic heterocycles. The summed E-state index contributed by atoms with van der Waals surface area (Å²) >= 11 is 1.48. The molecule has 2 amide bonds. The van der Waals surface area contributed by atoms with Crippen molar-refractivity contribution in [1.82, 2.24) is 25.6 Å². The van der Waals surface area contributed by atoms with Gasteiger partial charge in [0.15, 0.2) is 5.69 Å². The zero-order chi connectivity index (χ0) is 22.4. The molecule has 10 heteroatoms. The van der Waals surface area contributed by atoms with E-state index in [0.29, 0.717) is 29.2 Å².